The van der Waals surface area contributed by atoms with Gasteiger partial charge in [-0.2, -0.15) is 0 Å². The number of ether oxygens (including phenoxy) is 2. The standard InChI is InChI=1S/C22H36FN5O3.HI/c1-6-24-20(25-9-14-30-5)26-16-17-7-8-19(18(23)15-17)27-10-12-28(13-11-27)21(29)31-22(2,3)4;/h7-8,15H,6,9-14,16H2,1-5H3,(H2,24,25,26);1H. The van der Waals surface area contributed by atoms with E-state index in [2.05, 4.69) is 15.6 Å². The number of rotatable bonds is 7. The molecular weight excluding hydrogens is 528 g/mol. The molecule has 0 aromatic heterocycles. The number of hydrogen-bond acceptors (Lipinski definition) is 5. The van der Waals surface area contributed by atoms with E-state index in [4.69, 9.17) is 9.47 Å². The Hall–Kier alpha value is -1.82. The number of aliphatic imine (C=N–C) groups is 1. The second-order valence-electron chi connectivity index (χ2n) is 8.35. The van der Waals surface area contributed by atoms with Crippen LogP contribution >= 0.6 is 24.0 Å². The van der Waals surface area contributed by atoms with Crippen molar-refractivity contribution in [2.45, 2.75) is 39.8 Å². The number of hydrogen-bond donors (Lipinski definition) is 2. The molecule has 2 rings (SSSR count). The highest BCUT2D eigenvalue weighted by atomic mass is 127. The molecular formula is C22H37FIN5O3. The van der Waals surface area contributed by atoms with Gasteiger partial charge in [-0.25, -0.2) is 14.2 Å². The lowest BCUT2D eigenvalue weighted by molar-refractivity contribution is 0.0240. The predicted octanol–water partition coefficient (Wildman–Crippen LogP) is 3.20. The molecule has 1 aliphatic heterocycles. The summed E-state index contributed by atoms with van der Waals surface area (Å²) in [7, 11) is 1.65. The van der Waals surface area contributed by atoms with E-state index >= 15 is 0 Å². The highest BCUT2D eigenvalue weighted by molar-refractivity contribution is 14.0. The molecule has 32 heavy (non-hydrogen) atoms. The highest BCUT2D eigenvalue weighted by Gasteiger charge is 2.26. The molecule has 1 aromatic carbocycles. The van der Waals surface area contributed by atoms with Crippen LogP contribution in [0.25, 0.3) is 0 Å². The first-order valence-corrected chi connectivity index (χ1v) is 10.8. The van der Waals surface area contributed by atoms with Crippen LogP contribution in [0.5, 0.6) is 0 Å². The van der Waals surface area contributed by atoms with E-state index in [0.717, 1.165) is 12.1 Å². The number of halogens is 2. The molecule has 0 radical (unpaired) electrons. The van der Waals surface area contributed by atoms with Crippen molar-refractivity contribution in [2.75, 3.05) is 57.9 Å². The van der Waals surface area contributed by atoms with E-state index < -0.39 is 5.60 Å². The Morgan fingerprint density at radius 1 is 1.19 bits per heavy atom. The lowest BCUT2D eigenvalue weighted by Crippen LogP contribution is -2.50. The smallest absolute Gasteiger partial charge is 0.410 e. The van der Waals surface area contributed by atoms with Gasteiger partial charge in [-0.1, -0.05) is 6.07 Å². The van der Waals surface area contributed by atoms with Crippen molar-refractivity contribution in [3.05, 3.63) is 29.6 Å². The normalized spacial score (nSPS) is 14.6. The van der Waals surface area contributed by atoms with Crippen LogP contribution in [0.2, 0.25) is 0 Å². The fourth-order valence-corrected chi connectivity index (χ4v) is 3.15. The summed E-state index contributed by atoms with van der Waals surface area (Å²) in [5, 5.41) is 6.32. The van der Waals surface area contributed by atoms with Crippen LogP contribution in [-0.4, -0.2) is 75.5 Å². The quantitative estimate of drug-likeness (QED) is 0.229. The lowest BCUT2D eigenvalue weighted by Gasteiger charge is -2.36. The zero-order valence-corrected chi connectivity index (χ0v) is 22.1. The number of benzene rings is 1. The number of nitrogens with one attached hydrogen (secondary N) is 2. The Kier molecular flexibility index (Phi) is 12.0. The molecule has 0 unspecified atom stereocenters. The van der Waals surface area contributed by atoms with E-state index in [0.29, 0.717) is 57.5 Å². The maximum absolute atomic E-state index is 14.8. The zero-order valence-electron chi connectivity index (χ0n) is 19.7. The van der Waals surface area contributed by atoms with Crippen LogP contribution in [0, 0.1) is 5.82 Å². The van der Waals surface area contributed by atoms with E-state index in [-0.39, 0.29) is 35.9 Å². The molecule has 0 spiro atoms. The number of guanidine groups is 1. The number of piperazine rings is 1. The van der Waals surface area contributed by atoms with Crippen LogP contribution < -0.4 is 15.5 Å². The van der Waals surface area contributed by atoms with Crippen molar-refractivity contribution >= 4 is 41.7 Å². The molecule has 1 saturated heterocycles. The molecule has 0 aliphatic carbocycles. The van der Waals surface area contributed by atoms with Crippen molar-refractivity contribution in [3.8, 4) is 0 Å². The monoisotopic (exact) mass is 565 g/mol. The van der Waals surface area contributed by atoms with Crippen LogP contribution in [0.15, 0.2) is 23.2 Å². The maximum Gasteiger partial charge on any atom is 0.410 e. The Balaban J connectivity index is 0.00000512. The average Bonchev–Trinajstić information content (AvgIpc) is 2.71. The van der Waals surface area contributed by atoms with E-state index in [9.17, 15) is 9.18 Å². The summed E-state index contributed by atoms with van der Waals surface area (Å²) in [4.78, 5) is 20.3. The molecule has 1 heterocycles. The summed E-state index contributed by atoms with van der Waals surface area (Å²) in [5.41, 5.74) is 0.809. The minimum atomic E-state index is -0.523. The number of carbonyl (C=O) groups is 1. The van der Waals surface area contributed by atoms with Crippen molar-refractivity contribution in [1.29, 1.82) is 0 Å². The molecule has 10 heteroatoms. The zero-order chi connectivity index (χ0) is 22.9. The first-order valence-electron chi connectivity index (χ1n) is 10.8. The number of nitrogens with zero attached hydrogens (tertiary/aromatic N) is 3. The molecule has 0 atom stereocenters. The number of amides is 1. The third-order valence-corrected chi connectivity index (χ3v) is 4.65. The fraction of sp³-hybridized carbons (Fsp3) is 0.636. The van der Waals surface area contributed by atoms with Gasteiger partial charge >= 0.3 is 6.09 Å². The van der Waals surface area contributed by atoms with E-state index in [1.807, 2.05) is 38.7 Å². The van der Waals surface area contributed by atoms with Gasteiger partial charge in [-0.15, -0.1) is 24.0 Å². The third-order valence-electron chi connectivity index (χ3n) is 4.65. The summed E-state index contributed by atoms with van der Waals surface area (Å²) < 4.78 is 25.2. The average molecular weight is 565 g/mol. The second kappa shape index (κ2) is 13.7. The molecule has 2 N–H and O–H groups in total. The number of carbonyl (C=O) groups excluding carboxylic acids is 1. The van der Waals surface area contributed by atoms with Gasteiger partial charge in [0, 0.05) is 46.4 Å². The second-order valence-corrected chi connectivity index (χ2v) is 8.35. The molecule has 182 valence electrons. The molecule has 1 aromatic rings. The molecule has 8 nitrogen and oxygen atoms in total. The Bertz CT molecular complexity index is 750. The van der Waals surface area contributed by atoms with Gasteiger partial charge in [0.2, 0.25) is 0 Å². The van der Waals surface area contributed by atoms with Gasteiger partial charge in [0.25, 0.3) is 0 Å². The number of methoxy groups -OCH3 is 1. The van der Waals surface area contributed by atoms with Crippen molar-refractivity contribution in [2.24, 2.45) is 4.99 Å². The van der Waals surface area contributed by atoms with E-state index in [1.54, 1.807) is 18.1 Å². The van der Waals surface area contributed by atoms with Crippen LogP contribution in [0.4, 0.5) is 14.9 Å². The van der Waals surface area contributed by atoms with Crippen molar-refractivity contribution in [3.63, 3.8) is 0 Å². The third kappa shape index (κ3) is 9.35. The van der Waals surface area contributed by atoms with Gasteiger partial charge in [0.15, 0.2) is 5.96 Å². The van der Waals surface area contributed by atoms with Gasteiger partial charge in [-0.3, -0.25) is 0 Å². The van der Waals surface area contributed by atoms with Crippen LogP contribution in [-0.2, 0) is 16.0 Å². The summed E-state index contributed by atoms with van der Waals surface area (Å²) in [6, 6.07) is 5.20. The summed E-state index contributed by atoms with van der Waals surface area (Å²) >= 11 is 0. The summed E-state index contributed by atoms with van der Waals surface area (Å²) in [6.07, 6.45) is -0.323. The van der Waals surface area contributed by atoms with Crippen LogP contribution in [0.3, 0.4) is 0 Å². The molecule has 0 bridgehead atoms. The maximum atomic E-state index is 14.8. The predicted molar refractivity (Wildman–Crippen MR) is 137 cm³/mol. The lowest BCUT2D eigenvalue weighted by atomic mass is 10.1. The first kappa shape index (κ1) is 28.2. The fourth-order valence-electron chi connectivity index (χ4n) is 3.15. The Labute approximate surface area is 207 Å². The van der Waals surface area contributed by atoms with Crippen molar-refractivity contribution < 1.29 is 18.7 Å². The van der Waals surface area contributed by atoms with E-state index in [1.165, 1.54) is 6.07 Å². The Morgan fingerprint density at radius 2 is 1.88 bits per heavy atom. The topological polar surface area (TPSA) is 78.4 Å². The Morgan fingerprint density at radius 3 is 2.44 bits per heavy atom. The summed E-state index contributed by atoms with van der Waals surface area (Å²) in [6.45, 7) is 12.0. The highest BCUT2D eigenvalue weighted by Crippen LogP contribution is 2.23. The SMILES string of the molecule is CCNC(=NCc1ccc(N2CCN(C(=O)OC(C)(C)C)CC2)c(F)c1)NCCOC.I. The van der Waals surface area contributed by atoms with Gasteiger partial charge < -0.3 is 29.9 Å². The molecule has 1 fully saturated rings. The number of anilines is 1. The van der Waals surface area contributed by atoms with Crippen molar-refractivity contribution in [1.82, 2.24) is 15.5 Å². The largest absolute Gasteiger partial charge is 0.444 e. The molecule has 1 aliphatic rings. The summed E-state index contributed by atoms with van der Waals surface area (Å²) in [5.74, 6) is 0.387. The van der Waals surface area contributed by atoms with Gasteiger partial charge in [-0.05, 0) is 45.4 Å². The van der Waals surface area contributed by atoms with Crippen LogP contribution in [0.1, 0.15) is 33.3 Å². The van der Waals surface area contributed by atoms with Gasteiger partial charge in [0.05, 0.1) is 18.8 Å². The molecule has 0 saturated carbocycles. The van der Waals surface area contributed by atoms with Gasteiger partial charge in [0.1, 0.15) is 11.4 Å². The first-order chi connectivity index (χ1) is 14.7. The minimum Gasteiger partial charge on any atom is -0.444 e. The molecule has 1 amide bonds. The minimum absolute atomic E-state index is 0.